The molecule has 2 aromatic heterocycles. The quantitative estimate of drug-likeness (QED) is 0.618. The minimum absolute atomic E-state index is 0.718. The van der Waals surface area contributed by atoms with Crippen LogP contribution in [0, 0.1) is 0 Å². The molecule has 0 atom stereocenters. The van der Waals surface area contributed by atoms with Crippen LogP contribution in [0.15, 0.2) is 30.3 Å². The molecule has 0 saturated heterocycles. The molecule has 1 N–H and O–H groups in total. The first-order valence-electron chi connectivity index (χ1n) is 5.75. The molecule has 3 rings (SSSR count). The monoisotopic (exact) mass is 295 g/mol. The molecule has 0 aliphatic carbocycles. The van der Waals surface area contributed by atoms with Crippen LogP contribution >= 0.6 is 34.5 Å². The SMILES string of the molecule is CCc1c(-c2cc(Cl)sc2Cl)[nH]c2ccccc12. The number of aromatic nitrogens is 1. The number of aromatic amines is 1. The Labute approximate surface area is 119 Å². The van der Waals surface area contributed by atoms with Crippen molar-refractivity contribution in [3.05, 3.63) is 44.6 Å². The Bertz CT molecular complexity index is 712. The third-order valence-electron chi connectivity index (χ3n) is 3.09. The highest BCUT2D eigenvalue weighted by molar-refractivity contribution is 7.20. The second-order valence-electron chi connectivity index (χ2n) is 4.12. The molecule has 1 nitrogen and oxygen atoms in total. The summed E-state index contributed by atoms with van der Waals surface area (Å²) >= 11 is 13.7. The number of thiophene rings is 1. The zero-order valence-corrected chi connectivity index (χ0v) is 12.1. The molecule has 3 aromatic rings. The first-order valence-corrected chi connectivity index (χ1v) is 7.32. The number of hydrogen-bond acceptors (Lipinski definition) is 1. The van der Waals surface area contributed by atoms with Gasteiger partial charge < -0.3 is 4.98 Å². The number of fused-ring (bicyclic) bond motifs is 1. The van der Waals surface area contributed by atoms with Gasteiger partial charge in [-0.05, 0) is 24.1 Å². The second-order valence-corrected chi connectivity index (χ2v) is 6.40. The van der Waals surface area contributed by atoms with Gasteiger partial charge in [0.05, 0.1) is 10.0 Å². The largest absolute Gasteiger partial charge is 0.354 e. The first-order chi connectivity index (χ1) is 8.70. The average molecular weight is 296 g/mol. The summed E-state index contributed by atoms with van der Waals surface area (Å²) in [6, 6.07) is 10.2. The fraction of sp³-hybridized carbons (Fsp3) is 0.143. The molecule has 18 heavy (non-hydrogen) atoms. The molecule has 92 valence electrons. The van der Waals surface area contributed by atoms with Crippen molar-refractivity contribution in [1.29, 1.82) is 0 Å². The number of nitrogens with one attached hydrogen (secondary N) is 1. The van der Waals surface area contributed by atoms with Crippen LogP contribution in [-0.2, 0) is 6.42 Å². The summed E-state index contributed by atoms with van der Waals surface area (Å²) in [5.74, 6) is 0. The highest BCUT2D eigenvalue weighted by atomic mass is 35.5. The Kier molecular flexibility index (Phi) is 3.10. The van der Waals surface area contributed by atoms with Gasteiger partial charge >= 0.3 is 0 Å². The summed E-state index contributed by atoms with van der Waals surface area (Å²) in [6.45, 7) is 2.15. The average Bonchev–Trinajstić information content (AvgIpc) is 2.88. The van der Waals surface area contributed by atoms with Gasteiger partial charge in [0.15, 0.2) is 0 Å². The van der Waals surface area contributed by atoms with Crippen molar-refractivity contribution in [2.45, 2.75) is 13.3 Å². The predicted octanol–water partition coefficient (Wildman–Crippen LogP) is 5.77. The van der Waals surface area contributed by atoms with Crippen LogP contribution in [0.2, 0.25) is 8.67 Å². The van der Waals surface area contributed by atoms with Crippen molar-refractivity contribution in [2.75, 3.05) is 0 Å². The molecule has 1 aromatic carbocycles. The summed E-state index contributed by atoms with van der Waals surface area (Å²) in [7, 11) is 0. The van der Waals surface area contributed by atoms with E-state index in [-0.39, 0.29) is 0 Å². The van der Waals surface area contributed by atoms with Crippen molar-refractivity contribution in [3.8, 4) is 11.3 Å². The normalized spacial score (nSPS) is 11.3. The van der Waals surface area contributed by atoms with E-state index in [1.807, 2.05) is 12.1 Å². The summed E-state index contributed by atoms with van der Waals surface area (Å²) in [6.07, 6.45) is 0.961. The molecule has 0 aliphatic rings. The molecule has 0 aliphatic heterocycles. The van der Waals surface area contributed by atoms with Crippen LogP contribution in [0.1, 0.15) is 12.5 Å². The van der Waals surface area contributed by atoms with Gasteiger partial charge in [-0.1, -0.05) is 48.3 Å². The van der Waals surface area contributed by atoms with Crippen molar-refractivity contribution in [3.63, 3.8) is 0 Å². The van der Waals surface area contributed by atoms with Gasteiger partial charge in [0, 0.05) is 16.5 Å². The zero-order valence-electron chi connectivity index (χ0n) is 9.76. The van der Waals surface area contributed by atoms with E-state index in [1.54, 1.807) is 0 Å². The number of halogens is 2. The van der Waals surface area contributed by atoms with E-state index in [1.165, 1.54) is 22.3 Å². The van der Waals surface area contributed by atoms with E-state index < -0.39 is 0 Å². The van der Waals surface area contributed by atoms with Crippen molar-refractivity contribution in [1.82, 2.24) is 4.98 Å². The van der Waals surface area contributed by atoms with Gasteiger partial charge in [-0.25, -0.2) is 0 Å². The molecule has 2 heterocycles. The number of rotatable bonds is 2. The lowest BCUT2D eigenvalue weighted by atomic mass is 10.1. The molecule has 0 saturated carbocycles. The van der Waals surface area contributed by atoms with E-state index in [9.17, 15) is 0 Å². The standard InChI is InChI=1S/C14H11Cl2NS/c1-2-8-9-5-3-4-6-11(9)17-13(8)10-7-12(15)18-14(10)16/h3-7,17H,2H2,1H3. The van der Waals surface area contributed by atoms with Crippen LogP contribution in [0.25, 0.3) is 22.2 Å². The van der Waals surface area contributed by atoms with Crippen LogP contribution < -0.4 is 0 Å². The third-order valence-corrected chi connectivity index (χ3v) is 4.58. The Balaban J connectivity index is 2.32. The fourth-order valence-corrected chi connectivity index (χ4v) is 3.78. The van der Waals surface area contributed by atoms with Gasteiger partial charge in [0.1, 0.15) is 4.34 Å². The van der Waals surface area contributed by atoms with Crippen LogP contribution in [0.4, 0.5) is 0 Å². The highest BCUT2D eigenvalue weighted by Crippen LogP contribution is 2.41. The molecular formula is C14H11Cl2NS. The number of benzene rings is 1. The second kappa shape index (κ2) is 4.61. The predicted molar refractivity (Wildman–Crippen MR) is 81.0 cm³/mol. The lowest BCUT2D eigenvalue weighted by Gasteiger charge is -2.00. The van der Waals surface area contributed by atoms with Crippen LogP contribution in [-0.4, -0.2) is 4.98 Å². The minimum Gasteiger partial charge on any atom is -0.354 e. The van der Waals surface area contributed by atoms with Gasteiger partial charge in [-0.15, -0.1) is 11.3 Å². The maximum Gasteiger partial charge on any atom is 0.104 e. The van der Waals surface area contributed by atoms with E-state index in [2.05, 4.69) is 30.1 Å². The Morgan fingerprint density at radius 3 is 2.67 bits per heavy atom. The number of aryl methyl sites for hydroxylation is 1. The molecule has 0 unspecified atom stereocenters. The van der Waals surface area contributed by atoms with E-state index >= 15 is 0 Å². The van der Waals surface area contributed by atoms with Gasteiger partial charge in [0.2, 0.25) is 0 Å². The Morgan fingerprint density at radius 2 is 2.00 bits per heavy atom. The molecule has 4 heteroatoms. The maximum absolute atomic E-state index is 6.25. The van der Waals surface area contributed by atoms with Crippen LogP contribution in [0.3, 0.4) is 0 Å². The smallest absolute Gasteiger partial charge is 0.104 e. The van der Waals surface area contributed by atoms with E-state index in [4.69, 9.17) is 23.2 Å². The van der Waals surface area contributed by atoms with E-state index in [0.717, 1.165) is 31.9 Å². The molecule has 0 bridgehead atoms. The Hall–Kier alpha value is -0.960. The maximum atomic E-state index is 6.25. The van der Waals surface area contributed by atoms with E-state index in [0.29, 0.717) is 0 Å². The molecule has 0 fully saturated rings. The lowest BCUT2D eigenvalue weighted by molar-refractivity contribution is 1.16. The number of hydrogen-bond donors (Lipinski definition) is 1. The third kappa shape index (κ3) is 1.85. The summed E-state index contributed by atoms with van der Waals surface area (Å²) in [4.78, 5) is 3.45. The van der Waals surface area contributed by atoms with Crippen molar-refractivity contribution >= 4 is 45.4 Å². The van der Waals surface area contributed by atoms with Gasteiger partial charge in [-0.3, -0.25) is 0 Å². The minimum atomic E-state index is 0.718. The summed E-state index contributed by atoms with van der Waals surface area (Å²) in [5, 5.41) is 1.26. The zero-order chi connectivity index (χ0) is 12.7. The lowest BCUT2D eigenvalue weighted by Crippen LogP contribution is -1.82. The summed E-state index contributed by atoms with van der Waals surface area (Å²) < 4.78 is 1.46. The molecule has 0 amide bonds. The van der Waals surface area contributed by atoms with Crippen molar-refractivity contribution < 1.29 is 0 Å². The molecule has 0 radical (unpaired) electrons. The van der Waals surface area contributed by atoms with Crippen LogP contribution in [0.5, 0.6) is 0 Å². The highest BCUT2D eigenvalue weighted by Gasteiger charge is 2.16. The van der Waals surface area contributed by atoms with Crippen molar-refractivity contribution in [2.24, 2.45) is 0 Å². The van der Waals surface area contributed by atoms with Gasteiger partial charge in [0.25, 0.3) is 0 Å². The number of H-pyrrole nitrogens is 1. The Morgan fingerprint density at radius 1 is 1.22 bits per heavy atom. The van der Waals surface area contributed by atoms with Gasteiger partial charge in [-0.2, -0.15) is 0 Å². The molecule has 0 spiro atoms. The fourth-order valence-electron chi connectivity index (χ4n) is 2.31. The summed E-state index contributed by atoms with van der Waals surface area (Å²) in [5.41, 5.74) is 4.52. The first kappa shape index (κ1) is 12.1. The topological polar surface area (TPSA) is 15.8 Å². The molecular weight excluding hydrogens is 285 g/mol. The number of para-hydroxylation sites is 1.